The number of sulfonamides is 1. The summed E-state index contributed by atoms with van der Waals surface area (Å²) in [6, 6.07) is 6.69. The second-order valence-electron chi connectivity index (χ2n) is 5.37. The Morgan fingerprint density at radius 2 is 2.10 bits per heavy atom. The quantitative estimate of drug-likeness (QED) is 0.843. The number of aliphatic hydroxyl groups is 1. The van der Waals surface area contributed by atoms with Gasteiger partial charge in [0.05, 0.1) is 12.3 Å². The van der Waals surface area contributed by atoms with E-state index in [1.54, 1.807) is 18.2 Å². The average molecular weight is 312 g/mol. The highest BCUT2D eigenvalue weighted by Crippen LogP contribution is 2.29. The van der Waals surface area contributed by atoms with Crippen molar-refractivity contribution in [3.63, 3.8) is 0 Å². The Labute approximate surface area is 127 Å². The number of aliphatic hydroxyl groups excluding tert-OH is 1. The van der Waals surface area contributed by atoms with Crippen LogP contribution in [0.5, 0.6) is 0 Å². The number of hydrogen-bond acceptors (Lipinski definition) is 4. The van der Waals surface area contributed by atoms with Gasteiger partial charge in [0.25, 0.3) is 0 Å². The van der Waals surface area contributed by atoms with Crippen molar-refractivity contribution in [1.82, 2.24) is 4.31 Å². The van der Waals surface area contributed by atoms with E-state index >= 15 is 0 Å². The first-order chi connectivity index (χ1) is 10.1. The Balaban J connectivity index is 2.34. The lowest BCUT2D eigenvalue weighted by molar-refractivity contribution is 0.155. The number of rotatable bonds is 6. The minimum atomic E-state index is -3.57. The van der Waals surface area contributed by atoms with Crippen LogP contribution in [0.1, 0.15) is 32.6 Å². The van der Waals surface area contributed by atoms with Crippen LogP contribution in [0.4, 0.5) is 5.69 Å². The molecule has 0 radical (unpaired) electrons. The van der Waals surface area contributed by atoms with Gasteiger partial charge in [0.1, 0.15) is 4.90 Å². The predicted octanol–water partition coefficient (Wildman–Crippen LogP) is 2.04. The molecule has 1 aliphatic rings. The Kier molecular flexibility index (Phi) is 5.61. The maximum Gasteiger partial charge on any atom is 0.245 e. The van der Waals surface area contributed by atoms with Crippen LogP contribution in [0.25, 0.3) is 0 Å². The van der Waals surface area contributed by atoms with Crippen LogP contribution in [0.3, 0.4) is 0 Å². The van der Waals surface area contributed by atoms with Gasteiger partial charge in [0, 0.05) is 19.1 Å². The third kappa shape index (κ3) is 3.56. The fourth-order valence-corrected chi connectivity index (χ4v) is 4.55. The second-order valence-corrected chi connectivity index (χ2v) is 7.23. The molecule has 2 rings (SSSR count). The number of nitrogens with one attached hydrogen (secondary N) is 1. The van der Waals surface area contributed by atoms with E-state index in [1.165, 1.54) is 4.31 Å². The number of para-hydroxylation sites is 1. The molecule has 118 valence electrons. The van der Waals surface area contributed by atoms with Gasteiger partial charge in [-0.2, -0.15) is 4.31 Å². The van der Waals surface area contributed by atoms with Crippen LogP contribution in [-0.2, 0) is 10.0 Å². The molecule has 1 unspecified atom stereocenters. The molecular formula is C15H24N2O3S. The van der Waals surface area contributed by atoms with Gasteiger partial charge < -0.3 is 10.4 Å². The maximum absolute atomic E-state index is 12.9. The van der Waals surface area contributed by atoms with Crippen molar-refractivity contribution in [2.45, 2.75) is 43.5 Å². The molecule has 0 saturated carbocycles. The number of nitrogens with zero attached hydrogens (tertiary/aromatic N) is 1. The summed E-state index contributed by atoms with van der Waals surface area (Å²) in [6.45, 7) is 3.13. The van der Waals surface area contributed by atoms with E-state index in [-0.39, 0.29) is 12.6 Å². The normalized spacial score (nSPS) is 20.4. The van der Waals surface area contributed by atoms with Gasteiger partial charge in [0.2, 0.25) is 10.0 Å². The Morgan fingerprint density at radius 3 is 2.81 bits per heavy atom. The molecule has 21 heavy (non-hydrogen) atoms. The lowest BCUT2D eigenvalue weighted by Crippen LogP contribution is -2.45. The second kappa shape index (κ2) is 7.24. The lowest BCUT2D eigenvalue weighted by atomic mass is 10.1. The summed E-state index contributed by atoms with van der Waals surface area (Å²) in [5, 5.41) is 12.6. The van der Waals surface area contributed by atoms with E-state index in [4.69, 9.17) is 0 Å². The monoisotopic (exact) mass is 312 g/mol. The Hall–Kier alpha value is -1.11. The summed E-state index contributed by atoms with van der Waals surface area (Å²) < 4.78 is 27.3. The van der Waals surface area contributed by atoms with Crippen molar-refractivity contribution in [2.75, 3.05) is 25.0 Å². The van der Waals surface area contributed by atoms with Crippen molar-refractivity contribution in [3.05, 3.63) is 24.3 Å². The van der Waals surface area contributed by atoms with Crippen molar-refractivity contribution in [2.24, 2.45) is 0 Å². The van der Waals surface area contributed by atoms with E-state index in [0.29, 0.717) is 17.1 Å². The van der Waals surface area contributed by atoms with Gasteiger partial charge in [-0.1, -0.05) is 25.5 Å². The molecule has 2 N–H and O–H groups in total. The van der Waals surface area contributed by atoms with Crippen LogP contribution in [-0.4, -0.2) is 43.6 Å². The molecule has 6 heteroatoms. The molecule has 1 aliphatic heterocycles. The summed E-state index contributed by atoms with van der Waals surface area (Å²) in [6.07, 6.45) is 3.46. The van der Waals surface area contributed by atoms with E-state index in [2.05, 4.69) is 5.32 Å². The number of anilines is 1. The van der Waals surface area contributed by atoms with Crippen LogP contribution >= 0.6 is 0 Å². The standard InChI is InChI=1S/C15H24N2O3S/c1-2-10-16-14-8-3-4-9-15(14)21(19,20)17-11-6-5-7-13(17)12-18/h3-4,8-9,13,16,18H,2,5-7,10-12H2,1H3. The number of benzene rings is 1. The van der Waals surface area contributed by atoms with Crippen LogP contribution in [0, 0.1) is 0 Å². The van der Waals surface area contributed by atoms with Gasteiger partial charge in [-0.25, -0.2) is 8.42 Å². The molecule has 1 saturated heterocycles. The van der Waals surface area contributed by atoms with E-state index < -0.39 is 10.0 Å². The smallest absolute Gasteiger partial charge is 0.245 e. The minimum Gasteiger partial charge on any atom is -0.395 e. The van der Waals surface area contributed by atoms with Gasteiger partial charge in [0.15, 0.2) is 0 Å². The molecule has 1 aromatic rings. The number of piperidine rings is 1. The van der Waals surface area contributed by atoms with E-state index in [0.717, 1.165) is 32.2 Å². The SMILES string of the molecule is CCCNc1ccccc1S(=O)(=O)N1CCCCC1CO. The van der Waals surface area contributed by atoms with Crippen LogP contribution < -0.4 is 5.32 Å². The Bertz CT molecular complexity index is 560. The van der Waals surface area contributed by atoms with Crippen LogP contribution in [0.15, 0.2) is 29.2 Å². The van der Waals surface area contributed by atoms with Crippen molar-refractivity contribution >= 4 is 15.7 Å². The molecule has 0 aliphatic carbocycles. The molecule has 1 heterocycles. The highest BCUT2D eigenvalue weighted by molar-refractivity contribution is 7.89. The third-order valence-electron chi connectivity index (χ3n) is 3.82. The number of hydrogen-bond donors (Lipinski definition) is 2. The van der Waals surface area contributed by atoms with Gasteiger partial charge in [-0.05, 0) is 31.4 Å². The first-order valence-corrected chi connectivity index (χ1v) is 9.01. The van der Waals surface area contributed by atoms with Gasteiger partial charge in [-0.3, -0.25) is 0 Å². The molecule has 0 aromatic heterocycles. The van der Waals surface area contributed by atoms with Crippen molar-refractivity contribution in [3.8, 4) is 0 Å². The summed E-state index contributed by atoms with van der Waals surface area (Å²) in [7, 11) is -3.57. The molecule has 0 amide bonds. The molecule has 0 spiro atoms. The van der Waals surface area contributed by atoms with Gasteiger partial charge in [-0.15, -0.1) is 0 Å². The maximum atomic E-state index is 12.9. The molecule has 1 fully saturated rings. The Morgan fingerprint density at radius 1 is 1.33 bits per heavy atom. The molecule has 5 nitrogen and oxygen atoms in total. The summed E-state index contributed by atoms with van der Waals surface area (Å²) in [5.41, 5.74) is 0.640. The molecule has 1 atom stereocenters. The fourth-order valence-electron chi connectivity index (χ4n) is 2.70. The first-order valence-electron chi connectivity index (χ1n) is 7.57. The van der Waals surface area contributed by atoms with Crippen molar-refractivity contribution in [1.29, 1.82) is 0 Å². The first kappa shape index (κ1) is 16.3. The largest absolute Gasteiger partial charge is 0.395 e. The summed E-state index contributed by atoms with van der Waals surface area (Å²) in [4.78, 5) is 0.304. The van der Waals surface area contributed by atoms with Gasteiger partial charge >= 0.3 is 0 Å². The predicted molar refractivity (Wildman–Crippen MR) is 83.8 cm³/mol. The zero-order valence-electron chi connectivity index (χ0n) is 12.5. The highest BCUT2D eigenvalue weighted by Gasteiger charge is 2.34. The molecule has 0 bridgehead atoms. The summed E-state index contributed by atoms with van der Waals surface area (Å²) in [5.74, 6) is 0. The topological polar surface area (TPSA) is 69.6 Å². The molecule has 1 aromatic carbocycles. The fraction of sp³-hybridized carbons (Fsp3) is 0.600. The van der Waals surface area contributed by atoms with Crippen LogP contribution in [0.2, 0.25) is 0 Å². The minimum absolute atomic E-state index is 0.121. The average Bonchev–Trinajstić information content (AvgIpc) is 2.53. The highest BCUT2D eigenvalue weighted by atomic mass is 32.2. The van der Waals surface area contributed by atoms with E-state index in [9.17, 15) is 13.5 Å². The molecular weight excluding hydrogens is 288 g/mol. The van der Waals surface area contributed by atoms with E-state index in [1.807, 2.05) is 13.0 Å². The third-order valence-corrected chi connectivity index (χ3v) is 5.83. The lowest BCUT2D eigenvalue weighted by Gasteiger charge is -2.34. The van der Waals surface area contributed by atoms with Crippen molar-refractivity contribution < 1.29 is 13.5 Å². The zero-order valence-corrected chi connectivity index (χ0v) is 13.3. The zero-order chi connectivity index (χ0) is 15.3. The summed E-state index contributed by atoms with van der Waals surface area (Å²) >= 11 is 0.